The molecule has 8 heteroatoms. The standard InChI is InChI=1S/C17H16Cl2N2O2S.ClH/c18-15-9-11(17(19)24-15)14(22)6-7-16(23)21-8-2-3-10-12(20)4-1-5-13(10)21;/h1,4-5,9H,2-3,6-8,20H2;1H. The largest absolute Gasteiger partial charge is 0.398 e. The zero-order valence-corrected chi connectivity index (χ0v) is 16.4. The number of carbonyl (C=O) groups is 2. The Bertz CT molecular complexity index is 807. The van der Waals surface area contributed by atoms with Crippen LogP contribution in [0.25, 0.3) is 0 Å². The van der Waals surface area contributed by atoms with Gasteiger partial charge in [-0.2, -0.15) is 0 Å². The third-order valence-electron chi connectivity index (χ3n) is 4.11. The Hall–Kier alpha value is -1.27. The smallest absolute Gasteiger partial charge is 0.227 e. The number of thiophene rings is 1. The maximum atomic E-state index is 12.6. The highest BCUT2D eigenvalue weighted by atomic mass is 35.5. The Kier molecular flexibility index (Phi) is 6.74. The van der Waals surface area contributed by atoms with Crippen molar-refractivity contribution in [3.05, 3.63) is 44.1 Å². The van der Waals surface area contributed by atoms with E-state index in [1.807, 2.05) is 18.2 Å². The summed E-state index contributed by atoms with van der Waals surface area (Å²) in [4.78, 5) is 26.5. The number of rotatable bonds is 4. The van der Waals surface area contributed by atoms with Crippen molar-refractivity contribution >= 4 is 70.0 Å². The summed E-state index contributed by atoms with van der Waals surface area (Å²) in [6.07, 6.45) is 1.98. The number of hydrogen-bond acceptors (Lipinski definition) is 4. The number of carbonyl (C=O) groups excluding carboxylic acids is 2. The Morgan fingerprint density at radius 3 is 2.68 bits per heavy atom. The number of nitrogens with two attached hydrogens (primary N) is 1. The van der Waals surface area contributed by atoms with E-state index < -0.39 is 0 Å². The summed E-state index contributed by atoms with van der Waals surface area (Å²) in [5.41, 5.74) is 8.97. The third-order valence-corrected chi connectivity index (χ3v) is 5.60. The zero-order chi connectivity index (χ0) is 17.3. The van der Waals surface area contributed by atoms with Crippen molar-refractivity contribution < 1.29 is 9.59 Å². The van der Waals surface area contributed by atoms with Crippen LogP contribution in [0.5, 0.6) is 0 Å². The first-order valence-electron chi connectivity index (χ1n) is 7.63. The number of fused-ring (bicyclic) bond motifs is 1. The van der Waals surface area contributed by atoms with Gasteiger partial charge in [-0.1, -0.05) is 29.3 Å². The van der Waals surface area contributed by atoms with Gasteiger partial charge in [0.05, 0.1) is 4.34 Å². The van der Waals surface area contributed by atoms with Gasteiger partial charge >= 0.3 is 0 Å². The molecule has 1 amide bonds. The molecule has 4 nitrogen and oxygen atoms in total. The molecule has 134 valence electrons. The Morgan fingerprint density at radius 1 is 1.24 bits per heavy atom. The second-order valence-electron chi connectivity index (χ2n) is 5.65. The van der Waals surface area contributed by atoms with Crippen LogP contribution in [0.2, 0.25) is 8.67 Å². The molecule has 0 fully saturated rings. The van der Waals surface area contributed by atoms with E-state index in [1.165, 1.54) is 0 Å². The molecule has 1 aromatic heterocycles. The fourth-order valence-electron chi connectivity index (χ4n) is 2.93. The predicted molar refractivity (Wildman–Crippen MR) is 107 cm³/mol. The molecule has 1 aromatic carbocycles. The predicted octanol–water partition coefficient (Wildman–Crippen LogP) is 5.00. The van der Waals surface area contributed by atoms with Crippen LogP contribution in [0.3, 0.4) is 0 Å². The minimum Gasteiger partial charge on any atom is -0.398 e. The Balaban J connectivity index is 0.00000225. The fraction of sp³-hybridized carbons (Fsp3) is 0.294. The molecule has 2 heterocycles. The number of ketones is 1. The molecule has 1 aliphatic heterocycles. The van der Waals surface area contributed by atoms with Crippen LogP contribution in [0, 0.1) is 0 Å². The monoisotopic (exact) mass is 418 g/mol. The van der Waals surface area contributed by atoms with E-state index in [2.05, 4.69) is 0 Å². The number of amides is 1. The normalized spacial score (nSPS) is 13.1. The highest BCUT2D eigenvalue weighted by molar-refractivity contribution is 7.20. The molecule has 3 rings (SSSR count). The number of nitrogen functional groups attached to an aromatic ring is 1. The van der Waals surface area contributed by atoms with E-state index in [4.69, 9.17) is 28.9 Å². The molecule has 2 N–H and O–H groups in total. The second-order valence-corrected chi connectivity index (χ2v) is 7.94. The lowest BCUT2D eigenvalue weighted by atomic mass is 9.99. The number of benzene rings is 1. The van der Waals surface area contributed by atoms with Crippen LogP contribution in [0.15, 0.2) is 24.3 Å². The molecule has 0 unspecified atom stereocenters. The van der Waals surface area contributed by atoms with Crippen LogP contribution < -0.4 is 10.6 Å². The molecule has 25 heavy (non-hydrogen) atoms. The van der Waals surface area contributed by atoms with Crippen molar-refractivity contribution in [1.82, 2.24) is 0 Å². The lowest BCUT2D eigenvalue weighted by Crippen LogP contribution is -2.35. The molecule has 0 radical (unpaired) electrons. The minimum atomic E-state index is -0.165. The number of halogens is 3. The molecule has 0 aliphatic carbocycles. The molecular formula is C17H17Cl3N2O2S. The molecule has 0 spiro atoms. The summed E-state index contributed by atoms with van der Waals surface area (Å²) in [6.45, 7) is 0.647. The average Bonchev–Trinajstić information content (AvgIpc) is 2.91. The summed E-state index contributed by atoms with van der Waals surface area (Å²) in [7, 11) is 0. The average molecular weight is 420 g/mol. The van der Waals surface area contributed by atoms with E-state index in [-0.39, 0.29) is 36.9 Å². The lowest BCUT2D eigenvalue weighted by molar-refractivity contribution is -0.118. The molecule has 0 saturated heterocycles. The van der Waals surface area contributed by atoms with Gasteiger partial charge in [-0.15, -0.1) is 23.7 Å². The van der Waals surface area contributed by atoms with Crippen molar-refractivity contribution in [2.45, 2.75) is 25.7 Å². The lowest BCUT2D eigenvalue weighted by Gasteiger charge is -2.30. The molecule has 2 aromatic rings. The highest BCUT2D eigenvalue weighted by Gasteiger charge is 2.24. The van der Waals surface area contributed by atoms with E-state index in [0.29, 0.717) is 26.5 Å². The molecule has 1 aliphatic rings. The maximum Gasteiger partial charge on any atom is 0.227 e. The van der Waals surface area contributed by atoms with E-state index in [0.717, 1.165) is 35.4 Å². The third kappa shape index (κ3) is 4.29. The van der Waals surface area contributed by atoms with Gasteiger partial charge in [-0.05, 0) is 36.6 Å². The van der Waals surface area contributed by atoms with Gasteiger partial charge < -0.3 is 10.6 Å². The van der Waals surface area contributed by atoms with Crippen LogP contribution in [0.1, 0.15) is 35.2 Å². The Labute approximate surface area is 166 Å². The van der Waals surface area contributed by atoms with Gasteiger partial charge in [0, 0.05) is 36.3 Å². The molecular weight excluding hydrogens is 403 g/mol. The summed E-state index contributed by atoms with van der Waals surface area (Å²) in [5, 5.41) is 0. The molecule has 0 saturated carbocycles. The van der Waals surface area contributed by atoms with Gasteiger partial charge in [0.1, 0.15) is 4.34 Å². The quantitative estimate of drug-likeness (QED) is 0.560. The first-order chi connectivity index (χ1) is 11.5. The first-order valence-corrected chi connectivity index (χ1v) is 9.20. The van der Waals surface area contributed by atoms with Crippen LogP contribution in [-0.4, -0.2) is 18.2 Å². The van der Waals surface area contributed by atoms with Crippen LogP contribution >= 0.6 is 46.9 Å². The van der Waals surface area contributed by atoms with E-state index >= 15 is 0 Å². The van der Waals surface area contributed by atoms with Crippen molar-refractivity contribution in [1.29, 1.82) is 0 Å². The van der Waals surface area contributed by atoms with Gasteiger partial charge in [0.15, 0.2) is 5.78 Å². The topological polar surface area (TPSA) is 63.4 Å². The zero-order valence-electron chi connectivity index (χ0n) is 13.3. The summed E-state index contributed by atoms with van der Waals surface area (Å²) >= 11 is 13.0. The number of anilines is 2. The summed E-state index contributed by atoms with van der Waals surface area (Å²) in [5.74, 6) is -0.242. The molecule has 0 bridgehead atoms. The fourth-order valence-corrected chi connectivity index (χ4v) is 4.43. The van der Waals surface area contributed by atoms with Crippen molar-refractivity contribution in [2.75, 3.05) is 17.2 Å². The van der Waals surface area contributed by atoms with Crippen LogP contribution in [0.4, 0.5) is 11.4 Å². The first kappa shape index (κ1) is 20.0. The Morgan fingerprint density at radius 2 is 2.00 bits per heavy atom. The van der Waals surface area contributed by atoms with E-state index in [1.54, 1.807) is 11.0 Å². The number of nitrogens with zero attached hydrogens (tertiary/aromatic N) is 1. The van der Waals surface area contributed by atoms with Gasteiger partial charge in [0.25, 0.3) is 0 Å². The van der Waals surface area contributed by atoms with Crippen molar-refractivity contribution in [2.24, 2.45) is 0 Å². The minimum absolute atomic E-state index is 0. The van der Waals surface area contributed by atoms with Gasteiger partial charge in [0.2, 0.25) is 5.91 Å². The van der Waals surface area contributed by atoms with Gasteiger partial charge in [-0.3, -0.25) is 9.59 Å². The number of Topliss-reactive ketones (excluding diaryl/α,β-unsaturated/α-hetero) is 1. The SMILES string of the molecule is Cl.Nc1cccc2c1CCCN2C(=O)CCC(=O)c1cc(Cl)sc1Cl. The van der Waals surface area contributed by atoms with Gasteiger partial charge in [-0.25, -0.2) is 0 Å². The van der Waals surface area contributed by atoms with Crippen molar-refractivity contribution in [3.63, 3.8) is 0 Å². The van der Waals surface area contributed by atoms with Crippen LogP contribution in [-0.2, 0) is 11.2 Å². The highest BCUT2D eigenvalue weighted by Crippen LogP contribution is 2.33. The van der Waals surface area contributed by atoms with E-state index in [9.17, 15) is 9.59 Å². The summed E-state index contributed by atoms with van der Waals surface area (Å²) < 4.78 is 0.837. The molecule has 0 atom stereocenters. The maximum absolute atomic E-state index is 12.6. The van der Waals surface area contributed by atoms with Crippen molar-refractivity contribution in [3.8, 4) is 0 Å². The second kappa shape index (κ2) is 8.41. The number of hydrogen-bond donors (Lipinski definition) is 1. The summed E-state index contributed by atoms with van der Waals surface area (Å²) in [6, 6.07) is 7.15.